The molecule has 73 heavy (non-hydrogen) atoms. The highest BCUT2D eigenvalue weighted by Gasteiger charge is 2.47. The van der Waals surface area contributed by atoms with Crippen LogP contribution in [0, 0.1) is 0 Å². The molecule has 2 aliphatic heterocycles. The molecule has 14 heteroatoms. The molecule has 0 aliphatic carbocycles. The summed E-state index contributed by atoms with van der Waals surface area (Å²) in [7, 11) is 0. The maximum Gasteiger partial charge on any atom is 0.306 e. The molecule has 11 unspecified atom stereocenters. The van der Waals surface area contributed by atoms with E-state index >= 15 is 0 Å². The van der Waals surface area contributed by atoms with Crippen LogP contribution < -0.4 is 0 Å². The Balaban J connectivity index is 1.68. The van der Waals surface area contributed by atoms with Crippen molar-refractivity contribution in [3.05, 3.63) is 36.5 Å². The fraction of sp³-hybridized carbons (Fsp3) is 0.881. The molecule has 2 saturated heterocycles. The molecular formula is C59H108O14. The van der Waals surface area contributed by atoms with E-state index in [-0.39, 0.29) is 25.6 Å². The summed E-state index contributed by atoms with van der Waals surface area (Å²) >= 11 is 0. The van der Waals surface area contributed by atoms with Crippen LogP contribution in [0.5, 0.6) is 0 Å². The summed E-state index contributed by atoms with van der Waals surface area (Å²) in [6.45, 7) is 3.68. The molecule has 0 spiro atoms. The second-order valence-electron chi connectivity index (χ2n) is 20.8. The lowest BCUT2D eigenvalue weighted by Crippen LogP contribution is -2.61. The number of unbranched alkanes of at least 4 members (excludes halogenated alkanes) is 28. The van der Waals surface area contributed by atoms with Gasteiger partial charge in [0.15, 0.2) is 12.6 Å². The van der Waals surface area contributed by atoms with E-state index in [1.54, 1.807) is 0 Å². The number of allylic oxidation sites excluding steroid dienone is 6. The van der Waals surface area contributed by atoms with Crippen LogP contribution in [0.25, 0.3) is 0 Å². The monoisotopic (exact) mass is 1040 g/mol. The molecule has 7 N–H and O–H groups in total. The van der Waals surface area contributed by atoms with E-state index in [0.717, 1.165) is 51.4 Å². The second kappa shape index (κ2) is 46.3. The van der Waals surface area contributed by atoms with Crippen molar-refractivity contribution in [2.24, 2.45) is 0 Å². The van der Waals surface area contributed by atoms with Crippen LogP contribution in [-0.2, 0) is 33.2 Å². The first kappa shape index (κ1) is 67.3. The summed E-state index contributed by atoms with van der Waals surface area (Å²) in [4.78, 5) is 13.1. The Labute approximate surface area is 442 Å². The molecule has 0 aromatic rings. The molecule has 0 radical (unpaired) electrons. The van der Waals surface area contributed by atoms with Crippen LogP contribution in [0.3, 0.4) is 0 Å². The van der Waals surface area contributed by atoms with Crippen molar-refractivity contribution in [2.45, 2.75) is 300 Å². The molecule has 14 nitrogen and oxygen atoms in total. The van der Waals surface area contributed by atoms with Gasteiger partial charge < -0.3 is 64.2 Å². The third-order valence-corrected chi connectivity index (χ3v) is 14.1. The lowest BCUT2D eigenvalue weighted by Gasteiger charge is -2.42. The average molecular weight is 1040 g/mol. The summed E-state index contributed by atoms with van der Waals surface area (Å²) in [5.41, 5.74) is 0. The molecule has 0 saturated carbocycles. The van der Waals surface area contributed by atoms with Crippen LogP contribution in [0.4, 0.5) is 0 Å². The largest absolute Gasteiger partial charge is 0.457 e. The zero-order chi connectivity index (χ0) is 53.0. The standard InChI is InChI=1S/C59H108O14/c1-3-5-7-9-11-13-15-17-19-20-21-22-23-24-25-26-27-28-29-30-32-34-36-38-40-42-51(61)71-48(45-68-43-41-39-37-35-33-31-18-16-14-12-10-8-6-4-2)46-69-58-57(67)55(65)53(63)50(73-58)47-70-59-56(66)54(64)52(62)49(44-60)72-59/h14-17,20-21,48-50,52-60,62-67H,3-13,18-19,22-47H2,1-2H3/b16-14-,17-15-,21-20-. The van der Waals surface area contributed by atoms with Gasteiger partial charge >= 0.3 is 5.97 Å². The molecule has 0 aromatic carbocycles. The van der Waals surface area contributed by atoms with E-state index in [4.69, 9.17) is 28.4 Å². The average Bonchev–Trinajstić information content (AvgIpc) is 3.39. The molecule has 0 bridgehead atoms. The van der Waals surface area contributed by atoms with Crippen LogP contribution in [0.2, 0.25) is 0 Å². The molecule has 0 aromatic heterocycles. The van der Waals surface area contributed by atoms with Crippen LogP contribution in [0.1, 0.15) is 232 Å². The predicted octanol–water partition coefficient (Wildman–Crippen LogP) is 10.5. The van der Waals surface area contributed by atoms with E-state index in [0.29, 0.717) is 13.0 Å². The minimum absolute atomic E-state index is 0.0589. The van der Waals surface area contributed by atoms with Gasteiger partial charge in [-0.05, 0) is 70.6 Å². The van der Waals surface area contributed by atoms with Crippen molar-refractivity contribution in [1.82, 2.24) is 0 Å². The lowest BCUT2D eigenvalue weighted by molar-refractivity contribution is -0.332. The highest BCUT2D eigenvalue weighted by Crippen LogP contribution is 2.27. The smallest absolute Gasteiger partial charge is 0.306 e. The van der Waals surface area contributed by atoms with E-state index in [1.807, 2.05) is 0 Å². The molecule has 2 rings (SSSR count). The third kappa shape index (κ3) is 33.2. The Morgan fingerprint density at radius 2 is 0.849 bits per heavy atom. The third-order valence-electron chi connectivity index (χ3n) is 14.1. The van der Waals surface area contributed by atoms with Gasteiger partial charge in [0, 0.05) is 13.0 Å². The zero-order valence-corrected chi connectivity index (χ0v) is 45.9. The van der Waals surface area contributed by atoms with Gasteiger partial charge in [-0.1, -0.05) is 192 Å². The predicted molar refractivity (Wildman–Crippen MR) is 289 cm³/mol. The molecule has 2 aliphatic rings. The van der Waals surface area contributed by atoms with Crippen molar-refractivity contribution >= 4 is 5.97 Å². The summed E-state index contributed by atoms with van der Waals surface area (Å²) in [5.74, 6) is -0.377. The SMILES string of the molecule is CCCCCC/C=C\CCCCCCCCOCC(COC1OC(COC2OC(CO)C(O)C(O)C2O)C(O)C(O)C1O)OC(=O)CCCCCCCCCCCCCCC/C=C\C/C=C\CCCCCCC. The summed E-state index contributed by atoms with van der Waals surface area (Å²) in [6.07, 6.45) is 37.8. The first-order chi connectivity index (χ1) is 35.6. The van der Waals surface area contributed by atoms with Crippen molar-refractivity contribution < 1.29 is 69.0 Å². The lowest BCUT2D eigenvalue weighted by atomic mass is 9.98. The highest BCUT2D eigenvalue weighted by atomic mass is 16.7. The number of hydrogen-bond acceptors (Lipinski definition) is 14. The summed E-state index contributed by atoms with van der Waals surface area (Å²) in [6, 6.07) is 0. The molecule has 428 valence electrons. The van der Waals surface area contributed by atoms with E-state index in [1.165, 1.54) is 154 Å². The fourth-order valence-corrected chi connectivity index (χ4v) is 9.31. The Hall–Kier alpha value is -1.79. The Morgan fingerprint density at radius 1 is 0.452 bits per heavy atom. The van der Waals surface area contributed by atoms with Gasteiger partial charge in [-0.3, -0.25) is 4.79 Å². The number of carbonyl (C=O) groups excluding carboxylic acids is 1. The maximum atomic E-state index is 13.1. The molecule has 11 atom stereocenters. The highest BCUT2D eigenvalue weighted by molar-refractivity contribution is 5.69. The number of carbonyl (C=O) groups is 1. The van der Waals surface area contributed by atoms with Crippen LogP contribution >= 0.6 is 0 Å². The van der Waals surface area contributed by atoms with Crippen LogP contribution in [0.15, 0.2) is 36.5 Å². The molecule has 2 fully saturated rings. The van der Waals surface area contributed by atoms with E-state index in [9.17, 15) is 40.5 Å². The van der Waals surface area contributed by atoms with E-state index < -0.39 is 80.7 Å². The molecule has 2 heterocycles. The Bertz CT molecular complexity index is 1350. The quantitative estimate of drug-likeness (QED) is 0.0172. The second-order valence-corrected chi connectivity index (χ2v) is 20.8. The van der Waals surface area contributed by atoms with Crippen molar-refractivity contribution in [1.29, 1.82) is 0 Å². The maximum absolute atomic E-state index is 13.1. The molecular weight excluding hydrogens is 933 g/mol. The van der Waals surface area contributed by atoms with Crippen molar-refractivity contribution in [2.75, 3.05) is 33.0 Å². The summed E-state index contributed by atoms with van der Waals surface area (Å²) < 4.78 is 34.4. The van der Waals surface area contributed by atoms with Crippen molar-refractivity contribution in [3.63, 3.8) is 0 Å². The van der Waals surface area contributed by atoms with Gasteiger partial charge in [0.2, 0.25) is 0 Å². The van der Waals surface area contributed by atoms with Crippen LogP contribution in [-0.4, -0.2) is 142 Å². The number of aliphatic hydroxyl groups excluding tert-OH is 7. The zero-order valence-electron chi connectivity index (χ0n) is 45.9. The number of aliphatic hydroxyl groups is 7. The summed E-state index contributed by atoms with van der Waals surface area (Å²) in [5, 5.41) is 72.3. The van der Waals surface area contributed by atoms with Crippen molar-refractivity contribution in [3.8, 4) is 0 Å². The first-order valence-corrected chi connectivity index (χ1v) is 29.6. The Kier molecular flexibility index (Phi) is 42.7. The minimum Gasteiger partial charge on any atom is -0.457 e. The first-order valence-electron chi connectivity index (χ1n) is 29.6. The van der Waals surface area contributed by atoms with Gasteiger partial charge in [-0.25, -0.2) is 0 Å². The van der Waals surface area contributed by atoms with Gasteiger partial charge in [-0.15, -0.1) is 0 Å². The van der Waals surface area contributed by atoms with E-state index in [2.05, 4.69) is 50.3 Å². The number of ether oxygens (including phenoxy) is 6. The molecule has 0 amide bonds. The van der Waals surface area contributed by atoms with Gasteiger partial charge in [0.05, 0.1) is 26.4 Å². The van der Waals surface area contributed by atoms with Gasteiger partial charge in [-0.2, -0.15) is 0 Å². The Morgan fingerprint density at radius 3 is 1.34 bits per heavy atom. The topological polar surface area (TPSA) is 214 Å². The van der Waals surface area contributed by atoms with Gasteiger partial charge in [0.1, 0.15) is 54.9 Å². The number of rotatable bonds is 48. The minimum atomic E-state index is -1.71. The van der Waals surface area contributed by atoms with Gasteiger partial charge in [0.25, 0.3) is 0 Å². The number of esters is 1. The fourth-order valence-electron chi connectivity index (χ4n) is 9.31. The normalized spacial score (nSPS) is 25.2. The number of hydrogen-bond donors (Lipinski definition) is 7.